The molecule has 1 N–H and O–H groups in total. The van der Waals surface area contributed by atoms with Crippen molar-refractivity contribution in [1.82, 2.24) is 4.98 Å². The van der Waals surface area contributed by atoms with Gasteiger partial charge in [-0.1, -0.05) is 30.3 Å². The number of nitro groups is 1. The number of nitro benzene ring substituents is 1. The number of aromatic nitrogens is 1. The molecule has 0 bridgehead atoms. The topological polar surface area (TPSA) is 68.1 Å². The van der Waals surface area contributed by atoms with E-state index in [2.05, 4.69) is 10.3 Å². The summed E-state index contributed by atoms with van der Waals surface area (Å²) in [6, 6.07) is 14.6. The Bertz CT molecular complexity index is 797. The maximum Gasteiger partial charge on any atom is 0.274 e. The lowest BCUT2D eigenvalue weighted by Crippen LogP contribution is -2.03. The van der Waals surface area contributed by atoms with Gasteiger partial charge in [-0.05, 0) is 17.5 Å². The van der Waals surface area contributed by atoms with E-state index >= 15 is 0 Å². The number of pyridine rings is 1. The number of hydrogen-bond acceptors (Lipinski definition) is 4. The number of nitrogens with one attached hydrogen (secondary N) is 1. The number of nitrogens with zero attached hydrogens (tertiary/aromatic N) is 2. The largest absolute Gasteiger partial charge is 0.380 e. The molecule has 0 radical (unpaired) electrons. The van der Waals surface area contributed by atoms with Crippen LogP contribution in [-0.2, 0) is 6.54 Å². The lowest BCUT2D eigenvalue weighted by Gasteiger charge is -2.09. The van der Waals surface area contributed by atoms with E-state index < -0.39 is 0 Å². The van der Waals surface area contributed by atoms with Crippen LogP contribution in [0.4, 0.5) is 11.4 Å². The van der Waals surface area contributed by atoms with Crippen LogP contribution in [0, 0.1) is 10.1 Å². The van der Waals surface area contributed by atoms with E-state index in [-0.39, 0.29) is 10.6 Å². The van der Waals surface area contributed by atoms with Crippen LogP contribution >= 0.6 is 0 Å². The van der Waals surface area contributed by atoms with Gasteiger partial charge in [-0.2, -0.15) is 0 Å². The van der Waals surface area contributed by atoms with Gasteiger partial charge in [0.05, 0.1) is 4.92 Å². The number of hydrogen-bond donors (Lipinski definition) is 1. The Morgan fingerprint density at radius 3 is 2.81 bits per heavy atom. The van der Waals surface area contributed by atoms with Crippen molar-refractivity contribution in [2.24, 2.45) is 0 Å². The zero-order chi connectivity index (χ0) is 14.7. The predicted molar refractivity (Wildman–Crippen MR) is 82.2 cm³/mol. The predicted octanol–water partition coefficient (Wildman–Crippen LogP) is 3.76. The van der Waals surface area contributed by atoms with Gasteiger partial charge < -0.3 is 5.32 Å². The number of rotatable bonds is 4. The molecule has 0 unspecified atom stereocenters. The Labute approximate surface area is 121 Å². The first-order valence-electron chi connectivity index (χ1n) is 6.54. The molecule has 21 heavy (non-hydrogen) atoms. The lowest BCUT2D eigenvalue weighted by molar-refractivity contribution is -0.385. The molecule has 0 aliphatic rings. The standard InChI is InChI=1S/C16H13N3O2/c20-19(21)16-7-2-1-4-13(16)10-18-15-6-3-5-12-8-9-17-11-14(12)15/h1-9,11,18H,10H2. The summed E-state index contributed by atoms with van der Waals surface area (Å²) in [5.74, 6) is 0. The molecule has 0 saturated heterocycles. The van der Waals surface area contributed by atoms with Crippen molar-refractivity contribution < 1.29 is 4.92 Å². The van der Waals surface area contributed by atoms with Gasteiger partial charge in [0, 0.05) is 41.6 Å². The van der Waals surface area contributed by atoms with E-state index in [4.69, 9.17) is 0 Å². The summed E-state index contributed by atoms with van der Waals surface area (Å²) in [6.07, 6.45) is 3.53. The zero-order valence-electron chi connectivity index (χ0n) is 11.2. The van der Waals surface area contributed by atoms with Crippen molar-refractivity contribution in [3.8, 4) is 0 Å². The molecule has 1 aromatic heterocycles. The molecule has 0 fully saturated rings. The minimum Gasteiger partial charge on any atom is -0.380 e. The quantitative estimate of drug-likeness (QED) is 0.583. The molecule has 0 atom stereocenters. The highest BCUT2D eigenvalue weighted by Gasteiger charge is 2.12. The molecule has 3 rings (SSSR count). The summed E-state index contributed by atoms with van der Waals surface area (Å²) in [4.78, 5) is 14.8. The second-order valence-corrected chi connectivity index (χ2v) is 4.64. The van der Waals surface area contributed by atoms with Gasteiger partial charge in [0.15, 0.2) is 0 Å². The van der Waals surface area contributed by atoms with Crippen molar-refractivity contribution in [3.63, 3.8) is 0 Å². The second kappa shape index (κ2) is 5.58. The van der Waals surface area contributed by atoms with Crippen LogP contribution in [0.3, 0.4) is 0 Å². The third kappa shape index (κ3) is 2.67. The van der Waals surface area contributed by atoms with Crippen LogP contribution in [0.15, 0.2) is 60.9 Å². The van der Waals surface area contributed by atoms with Crippen molar-refractivity contribution >= 4 is 22.1 Å². The van der Waals surface area contributed by atoms with Crippen molar-refractivity contribution in [2.75, 3.05) is 5.32 Å². The Morgan fingerprint density at radius 2 is 1.95 bits per heavy atom. The first kappa shape index (κ1) is 13.1. The molecule has 5 heteroatoms. The van der Waals surface area contributed by atoms with E-state index in [0.29, 0.717) is 12.1 Å². The summed E-state index contributed by atoms with van der Waals surface area (Å²) in [5.41, 5.74) is 1.70. The average molecular weight is 279 g/mol. The highest BCUT2D eigenvalue weighted by Crippen LogP contribution is 2.24. The van der Waals surface area contributed by atoms with Crippen LogP contribution in [0.2, 0.25) is 0 Å². The second-order valence-electron chi connectivity index (χ2n) is 4.64. The summed E-state index contributed by atoms with van der Waals surface area (Å²) in [6.45, 7) is 0.394. The number of benzene rings is 2. The summed E-state index contributed by atoms with van der Waals surface area (Å²) >= 11 is 0. The average Bonchev–Trinajstić information content (AvgIpc) is 2.53. The van der Waals surface area contributed by atoms with Crippen molar-refractivity contribution in [3.05, 3.63) is 76.6 Å². The molecule has 5 nitrogen and oxygen atoms in total. The third-order valence-corrected chi connectivity index (χ3v) is 3.34. The van der Waals surface area contributed by atoms with Crippen molar-refractivity contribution in [2.45, 2.75) is 6.54 Å². The number of anilines is 1. The van der Waals surface area contributed by atoms with Gasteiger partial charge in [-0.15, -0.1) is 0 Å². The number of fused-ring (bicyclic) bond motifs is 1. The summed E-state index contributed by atoms with van der Waals surface area (Å²) in [5, 5.41) is 16.3. The maximum atomic E-state index is 11.0. The fourth-order valence-corrected chi connectivity index (χ4v) is 2.30. The van der Waals surface area contributed by atoms with E-state index in [9.17, 15) is 10.1 Å². The molecule has 0 amide bonds. The molecule has 0 aliphatic carbocycles. The van der Waals surface area contributed by atoms with Gasteiger partial charge in [0.1, 0.15) is 0 Å². The summed E-state index contributed by atoms with van der Waals surface area (Å²) in [7, 11) is 0. The highest BCUT2D eigenvalue weighted by atomic mass is 16.6. The van der Waals surface area contributed by atoms with E-state index in [0.717, 1.165) is 16.5 Å². The molecule has 104 valence electrons. The first-order valence-corrected chi connectivity index (χ1v) is 6.54. The molecule has 0 aliphatic heterocycles. The van der Waals surface area contributed by atoms with Gasteiger partial charge >= 0.3 is 0 Å². The smallest absolute Gasteiger partial charge is 0.274 e. The van der Waals surface area contributed by atoms with E-state index in [1.165, 1.54) is 6.07 Å². The Kier molecular flexibility index (Phi) is 3.47. The monoisotopic (exact) mass is 279 g/mol. The molecular formula is C16H13N3O2. The Hall–Kier alpha value is -2.95. The molecule has 3 aromatic rings. The number of para-hydroxylation sites is 1. The zero-order valence-corrected chi connectivity index (χ0v) is 11.2. The molecule has 0 saturated carbocycles. The van der Waals surface area contributed by atoms with Gasteiger partial charge in [0.2, 0.25) is 0 Å². The molecular weight excluding hydrogens is 266 g/mol. The van der Waals surface area contributed by atoms with Crippen LogP contribution in [0.25, 0.3) is 10.8 Å². The maximum absolute atomic E-state index is 11.0. The first-order chi connectivity index (χ1) is 10.3. The van der Waals surface area contributed by atoms with Crippen LogP contribution in [-0.4, -0.2) is 9.91 Å². The molecule has 0 spiro atoms. The summed E-state index contributed by atoms with van der Waals surface area (Å²) < 4.78 is 0. The SMILES string of the molecule is O=[N+]([O-])c1ccccc1CNc1cccc2ccncc12. The van der Waals surface area contributed by atoms with E-state index in [1.54, 1.807) is 30.6 Å². The normalized spacial score (nSPS) is 10.5. The van der Waals surface area contributed by atoms with Crippen molar-refractivity contribution in [1.29, 1.82) is 0 Å². The third-order valence-electron chi connectivity index (χ3n) is 3.34. The lowest BCUT2D eigenvalue weighted by atomic mass is 10.1. The molecule has 1 heterocycles. The Balaban J connectivity index is 1.89. The van der Waals surface area contributed by atoms with Gasteiger partial charge in [-0.3, -0.25) is 15.1 Å². The van der Waals surface area contributed by atoms with Crippen LogP contribution < -0.4 is 5.32 Å². The van der Waals surface area contributed by atoms with Gasteiger partial charge in [-0.25, -0.2) is 0 Å². The fourth-order valence-electron chi connectivity index (χ4n) is 2.30. The van der Waals surface area contributed by atoms with E-state index in [1.807, 2.05) is 24.3 Å². The minimum absolute atomic E-state index is 0.128. The Morgan fingerprint density at radius 1 is 1.10 bits per heavy atom. The van der Waals surface area contributed by atoms with Crippen LogP contribution in [0.5, 0.6) is 0 Å². The minimum atomic E-state index is -0.359. The fraction of sp³-hybridized carbons (Fsp3) is 0.0625. The highest BCUT2D eigenvalue weighted by molar-refractivity contribution is 5.93. The van der Waals surface area contributed by atoms with Crippen LogP contribution in [0.1, 0.15) is 5.56 Å². The van der Waals surface area contributed by atoms with Gasteiger partial charge in [0.25, 0.3) is 5.69 Å². The molecule has 2 aromatic carbocycles.